The normalized spacial score (nSPS) is 17.3. The van der Waals surface area contributed by atoms with Crippen molar-refractivity contribution < 1.29 is 13.6 Å². The molecule has 1 amide bonds. The summed E-state index contributed by atoms with van der Waals surface area (Å²) in [4.78, 5) is 19.5. The quantitative estimate of drug-likeness (QED) is 0.592. The smallest absolute Gasteiger partial charge is 0.223 e. The second-order valence-electron chi connectivity index (χ2n) is 6.47. The van der Waals surface area contributed by atoms with E-state index in [1.54, 1.807) is 19.0 Å². The van der Waals surface area contributed by atoms with Crippen molar-refractivity contribution in [2.45, 2.75) is 25.8 Å². The Morgan fingerprint density at radius 2 is 2.15 bits per heavy atom. The van der Waals surface area contributed by atoms with Gasteiger partial charge in [0.25, 0.3) is 0 Å². The van der Waals surface area contributed by atoms with Crippen LogP contribution < -0.4 is 15.5 Å². The van der Waals surface area contributed by atoms with E-state index in [4.69, 9.17) is 0 Å². The highest BCUT2D eigenvalue weighted by molar-refractivity contribution is 5.81. The van der Waals surface area contributed by atoms with E-state index in [1.165, 1.54) is 12.1 Å². The number of hydrogen-bond donors (Lipinski definition) is 2. The summed E-state index contributed by atoms with van der Waals surface area (Å²) in [7, 11) is 3.44. The molecule has 1 unspecified atom stereocenters. The summed E-state index contributed by atoms with van der Waals surface area (Å²) in [6.45, 7) is 4.35. The van der Waals surface area contributed by atoms with E-state index in [1.807, 2.05) is 11.8 Å². The van der Waals surface area contributed by atoms with Gasteiger partial charge in [0.15, 0.2) is 5.96 Å². The lowest BCUT2D eigenvalue weighted by atomic mass is 10.2. The number of carbonyl (C=O) groups excluding carboxylic acids is 1. The Hall–Kier alpha value is -2.38. The van der Waals surface area contributed by atoms with Crippen molar-refractivity contribution in [3.8, 4) is 0 Å². The lowest BCUT2D eigenvalue weighted by molar-refractivity contribution is -0.128. The maximum absolute atomic E-state index is 13.9. The van der Waals surface area contributed by atoms with Crippen molar-refractivity contribution in [3.63, 3.8) is 0 Å². The van der Waals surface area contributed by atoms with Gasteiger partial charge >= 0.3 is 0 Å². The topological polar surface area (TPSA) is 60.0 Å². The number of rotatable bonds is 6. The van der Waals surface area contributed by atoms with Gasteiger partial charge in [-0.05, 0) is 25.5 Å². The fourth-order valence-electron chi connectivity index (χ4n) is 2.83. The van der Waals surface area contributed by atoms with Gasteiger partial charge in [-0.2, -0.15) is 0 Å². The van der Waals surface area contributed by atoms with E-state index in [0.29, 0.717) is 44.2 Å². The Labute approximate surface area is 153 Å². The molecule has 1 aromatic rings. The zero-order valence-electron chi connectivity index (χ0n) is 15.6. The number of benzene rings is 1. The van der Waals surface area contributed by atoms with Crippen LogP contribution in [0.1, 0.15) is 19.8 Å². The summed E-state index contributed by atoms with van der Waals surface area (Å²) in [6, 6.07) is 3.75. The van der Waals surface area contributed by atoms with Crippen molar-refractivity contribution in [1.82, 2.24) is 15.5 Å². The van der Waals surface area contributed by atoms with Crippen LogP contribution in [0, 0.1) is 11.6 Å². The molecule has 0 aromatic heterocycles. The Kier molecular flexibility index (Phi) is 7.17. The summed E-state index contributed by atoms with van der Waals surface area (Å²) in [6.07, 6.45) is 1.17. The minimum atomic E-state index is -0.575. The van der Waals surface area contributed by atoms with Gasteiger partial charge in [0.1, 0.15) is 11.6 Å². The molecule has 26 heavy (non-hydrogen) atoms. The summed E-state index contributed by atoms with van der Waals surface area (Å²) < 4.78 is 27.0. The average Bonchev–Trinajstić information content (AvgIpc) is 3.03. The van der Waals surface area contributed by atoms with Crippen molar-refractivity contribution in [2.75, 3.05) is 45.2 Å². The molecule has 144 valence electrons. The second kappa shape index (κ2) is 9.35. The number of nitrogens with zero attached hydrogens (tertiary/aromatic N) is 3. The molecule has 1 saturated heterocycles. The Morgan fingerprint density at radius 1 is 1.38 bits per heavy atom. The lowest BCUT2D eigenvalue weighted by Gasteiger charge is -2.21. The minimum absolute atomic E-state index is 0.0309. The van der Waals surface area contributed by atoms with Gasteiger partial charge in [0, 0.05) is 52.3 Å². The molecule has 1 heterocycles. The van der Waals surface area contributed by atoms with Gasteiger partial charge < -0.3 is 20.4 Å². The van der Waals surface area contributed by atoms with Crippen LogP contribution in [0.4, 0.5) is 14.5 Å². The molecule has 1 aromatic carbocycles. The lowest BCUT2D eigenvalue weighted by Crippen LogP contribution is -2.44. The van der Waals surface area contributed by atoms with E-state index in [9.17, 15) is 13.6 Å². The fraction of sp³-hybridized carbons (Fsp3) is 0.556. The molecular weight excluding hydrogens is 340 g/mol. The molecule has 0 spiro atoms. The molecule has 2 N–H and O–H groups in total. The van der Waals surface area contributed by atoms with Gasteiger partial charge in [-0.1, -0.05) is 0 Å². The number of anilines is 1. The number of nitrogens with one attached hydrogen (secondary N) is 2. The molecule has 2 rings (SSSR count). The van der Waals surface area contributed by atoms with Crippen LogP contribution in [-0.2, 0) is 4.79 Å². The van der Waals surface area contributed by atoms with Crippen molar-refractivity contribution in [1.29, 1.82) is 0 Å². The number of guanidine groups is 1. The maximum atomic E-state index is 13.9. The van der Waals surface area contributed by atoms with Gasteiger partial charge in [0.2, 0.25) is 5.91 Å². The zero-order chi connectivity index (χ0) is 19.1. The highest BCUT2D eigenvalue weighted by atomic mass is 19.1. The van der Waals surface area contributed by atoms with E-state index >= 15 is 0 Å². The summed E-state index contributed by atoms with van der Waals surface area (Å²) in [5, 5.41) is 6.48. The number of halogens is 2. The van der Waals surface area contributed by atoms with Crippen molar-refractivity contribution in [2.24, 2.45) is 4.99 Å². The predicted molar refractivity (Wildman–Crippen MR) is 99.4 cm³/mol. The first-order chi connectivity index (χ1) is 12.4. The van der Waals surface area contributed by atoms with Crippen LogP contribution in [0.2, 0.25) is 0 Å². The van der Waals surface area contributed by atoms with E-state index < -0.39 is 11.6 Å². The zero-order valence-corrected chi connectivity index (χ0v) is 15.6. The number of carbonyl (C=O) groups is 1. The van der Waals surface area contributed by atoms with Crippen LogP contribution >= 0.6 is 0 Å². The average molecular weight is 367 g/mol. The molecule has 0 saturated carbocycles. The molecule has 1 aliphatic heterocycles. The van der Waals surface area contributed by atoms with Gasteiger partial charge in [0.05, 0.1) is 12.2 Å². The third-order valence-electron chi connectivity index (χ3n) is 4.22. The highest BCUT2D eigenvalue weighted by Crippen LogP contribution is 2.24. The van der Waals surface area contributed by atoms with Crippen molar-refractivity contribution >= 4 is 17.6 Å². The molecule has 6 nitrogen and oxygen atoms in total. The molecular formula is C18H27F2N5O. The summed E-state index contributed by atoms with van der Waals surface area (Å²) in [5.41, 5.74) is 0.411. The van der Waals surface area contributed by atoms with Crippen LogP contribution in [0.5, 0.6) is 0 Å². The standard InChI is InChI=1S/C18H27F2N5O/c1-4-21-18(22-9-7-17(26)24(2)3)23-14-8-10-25(12-14)16-6-5-13(19)11-15(16)20/h5-6,11,14H,4,7-10,12H2,1-3H3,(H2,21,22,23). The van der Waals surface area contributed by atoms with Crippen LogP contribution in [0.3, 0.4) is 0 Å². The summed E-state index contributed by atoms with van der Waals surface area (Å²) >= 11 is 0. The first-order valence-electron chi connectivity index (χ1n) is 8.85. The summed E-state index contributed by atoms with van der Waals surface area (Å²) in [5.74, 6) is -0.448. The third-order valence-corrected chi connectivity index (χ3v) is 4.22. The van der Waals surface area contributed by atoms with Crippen LogP contribution in [0.25, 0.3) is 0 Å². The van der Waals surface area contributed by atoms with Gasteiger partial charge in [-0.25, -0.2) is 8.78 Å². The maximum Gasteiger partial charge on any atom is 0.223 e. The predicted octanol–water partition coefficient (Wildman–Crippen LogP) is 1.58. The van der Waals surface area contributed by atoms with Crippen LogP contribution in [-0.4, -0.2) is 63.1 Å². The van der Waals surface area contributed by atoms with E-state index in [2.05, 4.69) is 15.6 Å². The number of hydrogen-bond acceptors (Lipinski definition) is 3. The number of aliphatic imine (C=N–C) groups is 1. The molecule has 8 heteroatoms. The molecule has 1 fully saturated rings. The van der Waals surface area contributed by atoms with E-state index in [0.717, 1.165) is 12.5 Å². The first-order valence-corrected chi connectivity index (χ1v) is 8.85. The van der Waals surface area contributed by atoms with E-state index in [-0.39, 0.29) is 11.9 Å². The molecule has 0 bridgehead atoms. The second-order valence-corrected chi connectivity index (χ2v) is 6.47. The highest BCUT2D eigenvalue weighted by Gasteiger charge is 2.25. The molecule has 1 aliphatic rings. The van der Waals surface area contributed by atoms with Gasteiger partial charge in [-0.15, -0.1) is 0 Å². The number of amides is 1. The molecule has 1 atom stereocenters. The van der Waals surface area contributed by atoms with Crippen molar-refractivity contribution in [3.05, 3.63) is 29.8 Å². The molecule has 0 radical (unpaired) electrons. The fourth-order valence-corrected chi connectivity index (χ4v) is 2.83. The Balaban J connectivity index is 1.92. The van der Waals surface area contributed by atoms with Gasteiger partial charge in [-0.3, -0.25) is 9.79 Å². The largest absolute Gasteiger partial charge is 0.367 e. The monoisotopic (exact) mass is 367 g/mol. The third kappa shape index (κ3) is 5.57. The Bertz CT molecular complexity index is 650. The molecule has 0 aliphatic carbocycles. The minimum Gasteiger partial charge on any atom is -0.367 e. The SMILES string of the molecule is CCNC(=NCCC(=O)N(C)C)NC1CCN(c2ccc(F)cc2F)C1. The van der Waals surface area contributed by atoms with Crippen LogP contribution in [0.15, 0.2) is 23.2 Å². The Morgan fingerprint density at radius 3 is 2.81 bits per heavy atom. The first kappa shape index (κ1) is 19.9.